The number of halogens is 1. The van der Waals surface area contributed by atoms with Crippen molar-refractivity contribution in [3.8, 4) is 5.69 Å². The van der Waals surface area contributed by atoms with Gasteiger partial charge in [0, 0.05) is 21.5 Å². The average molecular weight is 390 g/mol. The first-order valence-electron chi connectivity index (χ1n) is 9.91. The molecule has 0 saturated carbocycles. The minimum absolute atomic E-state index is 0.111. The minimum atomic E-state index is 0.111. The molecule has 0 aliphatic rings. The quantitative estimate of drug-likeness (QED) is 0.310. The molecule has 0 bridgehead atoms. The number of fused-ring (bicyclic) bond motifs is 3. The highest BCUT2D eigenvalue weighted by Crippen LogP contribution is 2.37. The van der Waals surface area contributed by atoms with E-state index in [1.165, 1.54) is 32.9 Å². The molecule has 4 aromatic rings. The lowest BCUT2D eigenvalue weighted by Crippen LogP contribution is -2.10. The Labute approximate surface area is 172 Å². The number of rotatable bonds is 1. The van der Waals surface area contributed by atoms with Gasteiger partial charge < -0.3 is 4.57 Å². The second-order valence-corrected chi connectivity index (χ2v) is 10.2. The van der Waals surface area contributed by atoms with Crippen molar-refractivity contribution >= 4 is 33.4 Å². The standard InChI is InChI=1S/C26H28ClN/c1-25(2,3)17-10-12-23-21(14-17)22-15-18(26(4,5)6)11-13-24(22)28(23)20-9-7-8-19(27)16-20/h7-16H,1-6H3. The Morgan fingerprint density at radius 1 is 0.643 bits per heavy atom. The van der Waals surface area contributed by atoms with Crippen molar-refractivity contribution in [3.05, 3.63) is 76.8 Å². The zero-order chi connectivity index (χ0) is 20.3. The van der Waals surface area contributed by atoms with Gasteiger partial charge in [-0.3, -0.25) is 0 Å². The number of nitrogens with zero attached hydrogens (tertiary/aromatic N) is 1. The van der Waals surface area contributed by atoms with E-state index in [9.17, 15) is 0 Å². The van der Waals surface area contributed by atoms with Crippen LogP contribution >= 0.6 is 11.6 Å². The maximum Gasteiger partial charge on any atom is 0.0541 e. The summed E-state index contributed by atoms with van der Waals surface area (Å²) < 4.78 is 2.33. The molecule has 4 rings (SSSR count). The van der Waals surface area contributed by atoms with Gasteiger partial charge in [0.2, 0.25) is 0 Å². The van der Waals surface area contributed by atoms with Crippen molar-refractivity contribution in [1.29, 1.82) is 0 Å². The first kappa shape index (κ1) is 19.1. The number of hydrogen-bond acceptors (Lipinski definition) is 0. The van der Waals surface area contributed by atoms with Gasteiger partial charge in [0.25, 0.3) is 0 Å². The van der Waals surface area contributed by atoms with E-state index in [0.717, 1.165) is 10.7 Å². The summed E-state index contributed by atoms with van der Waals surface area (Å²) in [6.07, 6.45) is 0. The van der Waals surface area contributed by atoms with E-state index >= 15 is 0 Å². The zero-order valence-electron chi connectivity index (χ0n) is 17.6. The molecular weight excluding hydrogens is 362 g/mol. The molecular formula is C26H28ClN. The summed E-state index contributed by atoms with van der Waals surface area (Å²) >= 11 is 6.32. The van der Waals surface area contributed by atoms with Crippen molar-refractivity contribution in [2.75, 3.05) is 0 Å². The lowest BCUT2D eigenvalue weighted by molar-refractivity contribution is 0.590. The Bertz CT molecular complexity index is 1110. The molecule has 1 aromatic heterocycles. The zero-order valence-corrected chi connectivity index (χ0v) is 18.4. The minimum Gasteiger partial charge on any atom is -0.309 e. The van der Waals surface area contributed by atoms with Crippen LogP contribution in [0.25, 0.3) is 27.5 Å². The third-order valence-electron chi connectivity index (χ3n) is 5.56. The second-order valence-electron chi connectivity index (χ2n) is 9.78. The maximum atomic E-state index is 6.32. The van der Waals surface area contributed by atoms with Crippen LogP contribution in [0.4, 0.5) is 0 Å². The van der Waals surface area contributed by atoms with Crippen molar-refractivity contribution < 1.29 is 0 Å². The molecule has 0 N–H and O–H groups in total. The van der Waals surface area contributed by atoms with Crippen molar-refractivity contribution in [3.63, 3.8) is 0 Å². The maximum absolute atomic E-state index is 6.32. The number of benzene rings is 3. The molecule has 0 amide bonds. The fraction of sp³-hybridized carbons (Fsp3) is 0.308. The van der Waals surface area contributed by atoms with Crippen molar-refractivity contribution in [2.24, 2.45) is 0 Å². The summed E-state index contributed by atoms with van der Waals surface area (Å²) in [6.45, 7) is 13.6. The van der Waals surface area contributed by atoms with Gasteiger partial charge >= 0.3 is 0 Å². The van der Waals surface area contributed by atoms with E-state index < -0.39 is 0 Å². The van der Waals surface area contributed by atoms with Crippen molar-refractivity contribution in [2.45, 2.75) is 52.4 Å². The first-order chi connectivity index (χ1) is 13.1. The molecule has 0 saturated heterocycles. The summed E-state index contributed by atoms with van der Waals surface area (Å²) in [5, 5.41) is 3.35. The van der Waals surface area contributed by atoms with Gasteiger partial charge in [-0.25, -0.2) is 0 Å². The Kier molecular flexibility index (Phi) is 4.35. The van der Waals surface area contributed by atoms with E-state index in [-0.39, 0.29) is 10.8 Å². The van der Waals surface area contributed by atoms with Crippen LogP contribution in [-0.4, -0.2) is 4.57 Å². The molecule has 1 nitrogen and oxygen atoms in total. The summed E-state index contributed by atoms with van der Waals surface area (Å²) in [7, 11) is 0. The Morgan fingerprint density at radius 2 is 1.14 bits per heavy atom. The molecule has 0 aliphatic heterocycles. The summed E-state index contributed by atoms with van der Waals surface area (Å²) in [5.74, 6) is 0. The molecule has 1 heterocycles. The Hall–Kier alpha value is -2.25. The van der Waals surface area contributed by atoms with E-state index in [4.69, 9.17) is 11.6 Å². The molecule has 0 atom stereocenters. The molecule has 144 valence electrons. The largest absolute Gasteiger partial charge is 0.309 e. The molecule has 0 fully saturated rings. The monoisotopic (exact) mass is 389 g/mol. The van der Waals surface area contributed by atoms with Crippen LogP contribution in [0.3, 0.4) is 0 Å². The summed E-state index contributed by atoms with van der Waals surface area (Å²) in [6, 6.07) is 21.9. The van der Waals surface area contributed by atoms with E-state index in [0.29, 0.717) is 0 Å². The second kappa shape index (κ2) is 6.39. The van der Waals surface area contributed by atoms with E-state index in [2.05, 4.69) is 88.6 Å². The topological polar surface area (TPSA) is 4.93 Å². The van der Waals surface area contributed by atoms with Crippen LogP contribution in [0.2, 0.25) is 5.02 Å². The predicted octanol–water partition coefficient (Wildman–Crippen LogP) is 8.03. The highest BCUT2D eigenvalue weighted by Gasteiger charge is 2.20. The third kappa shape index (κ3) is 3.22. The van der Waals surface area contributed by atoms with Gasteiger partial charge in [0.15, 0.2) is 0 Å². The van der Waals surface area contributed by atoms with Gasteiger partial charge in [0.1, 0.15) is 0 Å². The van der Waals surface area contributed by atoms with Crippen LogP contribution < -0.4 is 0 Å². The first-order valence-corrected chi connectivity index (χ1v) is 10.3. The molecule has 28 heavy (non-hydrogen) atoms. The highest BCUT2D eigenvalue weighted by atomic mass is 35.5. The van der Waals surface area contributed by atoms with E-state index in [1.54, 1.807) is 0 Å². The summed E-state index contributed by atoms with van der Waals surface area (Å²) in [5.41, 5.74) is 6.46. The van der Waals surface area contributed by atoms with Crippen LogP contribution in [-0.2, 0) is 10.8 Å². The fourth-order valence-corrected chi connectivity index (χ4v) is 4.03. The van der Waals surface area contributed by atoms with Crippen LogP contribution in [0.1, 0.15) is 52.7 Å². The Morgan fingerprint density at radius 3 is 1.57 bits per heavy atom. The van der Waals surface area contributed by atoms with Crippen LogP contribution in [0.15, 0.2) is 60.7 Å². The summed E-state index contributed by atoms with van der Waals surface area (Å²) in [4.78, 5) is 0. The van der Waals surface area contributed by atoms with Gasteiger partial charge in [0.05, 0.1) is 11.0 Å². The highest BCUT2D eigenvalue weighted by molar-refractivity contribution is 6.30. The average Bonchev–Trinajstić information content (AvgIpc) is 2.93. The van der Waals surface area contributed by atoms with Crippen LogP contribution in [0, 0.1) is 0 Å². The smallest absolute Gasteiger partial charge is 0.0541 e. The van der Waals surface area contributed by atoms with Gasteiger partial charge in [-0.15, -0.1) is 0 Å². The van der Waals surface area contributed by atoms with Gasteiger partial charge in [-0.2, -0.15) is 0 Å². The SMILES string of the molecule is CC(C)(C)c1ccc2c(c1)c1cc(C(C)(C)C)ccc1n2-c1cccc(Cl)c1. The van der Waals surface area contributed by atoms with Crippen molar-refractivity contribution in [1.82, 2.24) is 4.57 Å². The molecule has 0 radical (unpaired) electrons. The molecule has 0 spiro atoms. The molecule has 2 heteroatoms. The lowest BCUT2D eigenvalue weighted by atomic mass is 9.85. The normalized spacial score (nSPS) is 12.8. The van der Waals surface area contributed by atoms with E-state index in [1.807, 2.05) is 18.2 Å². The van der Waals surface area contributed by atoms with Gasteiger partial charge in [-0.1, -0.05) is 71.3 Å². The molecule has 0 unspecified atom stereocenters. The van der Waals surface area contributed by atoms with Gasteiger partial charge in [-0.05, 0) is 64.4 Å². The predicted molar refractivity (Wildman–Crippen MR) is 123 cm³/mol. The Balaban J connectivity index is 2.13. The number of aromatic nitrogens is 1. The van der Waals surface area contributed by atoms with Crippen LogP contribution in [0.5, 0.6) is 0 Å². The third-order valence-corrected chi connectivity index (χ3v) is 5.80. The fourth-order valence-electron chi connectivity index (χ4n) is 3.85. The lowest BCUT2D eigenvalue weighted by Gasteiger charge is -2.19. The molecule has 0 aliphatic carbocycles. The molecule has 3 aromatic carbocycles. The number of hydrogen-bond donors (Lipinski definition) is 0.